The molecule has 1 fully saturated rings. The Morgan fingerprint density at radius 1 is 1.47 bits per heavy atom. The first kappa shape index (κ1) is 12.4. The third-order valence-corrected chi connectivity index (χ3v) is 3.94. The SMILES string of the molecule is CC(C)(C)c1nnc(NC(=O)[C@@H]2CCCN2)s1. The largest absolute Gasteiger partial charge is 0.306 e. The number of hydrogen-bond acceptors (Lipinski definition) is 5. The molecule has 2 N–H and O–H groups in total. The van der Waals surface area contributed by atoms with E-state index in [9.17, 15) is 4.79 Å². The number of hydrogen-bond donors (Lipinski definition) is 2. The monoisotopic (exact) mass is 254 g/mol. The lowest BCUT2D eigenvalue weighted by Crippen LogP contribution is -2.35. The summed E-state index contributed by atoms with van der Waals surface area (Å²) in [7, 11) is 0. The van der Waals surface area contributed by atoms with Gasteiger partial charge in [-0.1, -0.05) is 32.1 Å². The minimum Gasteiger partial charge on any atom is -0.306 e. The van der Waals surface area contributed by atoms with Gasteiger partial charge in [0.05, 0.1) is 6.04 Å². The summed E-state index contributed by atoms with van der Waals surface area (Å²) < 4.78 is 0. The van der Waals surface area contributed by atoms with Crippen molar-refractivity contribution in [2.45, 2.75) is 45.1 Å². The molecule has 1 atom stereocenters. The molecule has 6 heteroatoms. The van der Waals surface area contributed by atoms with Crippen LogP contribution in [0, 0.1) is 0 Å². The number of nitrogens with zero attached hydrogens (tertiary/aromatic N) is 2. The van der Waals surface area contributed by atoms with Crippen LogP contribution in [0.25, 0.3) is 0 Å². The fraction of sp³-hybridized carbons (Fsp3) is 0.727. The fourth-order valence-corrected chi connectivity index (χ4v) is 2.48. The highest BCUT2D eigenvalue weighted by Crippen LogP contribution is 2.27. The van der Waals surface area contributed by atoms with Crippen LogP contribution in [-0.2, 0) is 10.2 Å². The number of carbonyl (C=O) groups excluding carboxylic acids is 1. The summed E-state index contributed by atoms with van der Waals surface area (Å²) in [4.78, 5) is 11.8. The van der Waals surface area contributed by atoms with Gasteiger partial charge in [0.15, 0.2) is 0 Å². The Morgan fingerprint density at radius 3 is 2.76 bits per heavy atom. The Kier molecular flexibility index (Phi) is 3.44. The molecule has 2 heterocycles. The molecule has 1 saturated heterocycles. The van der Waals surface area contributed by atoms with Crippen LogP contribution in [0.4, 0.5) is 5.13 Å². The molecule has 0 radical (unpaired) electrons. The van der Waals surface area contributed by atoms with Crippen molar-refractivity contribution in [1.29, 1.82) is 0 Å². The van der Waals surface area contributed by atoms with Crippen molar-refractivity contribution in [3.63, 3.8) is 0 Å². The van der Waals surface area contributed by atoms with Crippen molar-refractivity contribution >= 4 is 22.4 Å². The second-order valence-electron chi connectivity index (χ2n) is 5.30. The minimum atomic E-state index is -0.0722. The maximum absolute atomic E-state index is 11.8. The molecule has 0 spiro atoms. The van der Waals surface area contributed by atoms with Crippen molar-refractivity contribution in [3.05, 3.63) is 5.01 Å². The number of anilines is 1. The molecule has 0 aromatic carbocycles. The third-order valence-electron chi connectivity index (χ3n) is 2.67. The van der Waals surface area contributed by atoms with E-state index in [0.717, 1.165) is 24.4 Å². The van der Waals surface area contributed by atoms with Crippen LogP contribution >= 0.6 is 11.3 Å². The van der Waals surface area contributed by atoms with Crippen molar-refractivity contribution in [3.8, 4) is 0 Å². The smallest absolute Gasteiger partial charge is 0.243 e. The molecule has 0 saturated carbocycles. The van der Waals surface area contributed by atoms with Crippen LogP contribution in [0.5, 0.6) is 0 Å². The molecule has 94 valence electrons. The molecule has 17 heavy (non-hydrogen) atoms. The van der Waals surface area contributed by atoms with Crippen LogP contribution in [-0.4, -0.2) is 28.7 Å². The van der Waals surface area contributed by atoms with Gasteiger partial charge in [-0.25, -0.2) is 0 Å². The van der Waals surface area contributed by atoms with Gasteiger partial charge in [-0.05, 0) is 19.4 Å². The number of carbonyl (C=O) groups is 1. The highest BCUT2D eigenvalue weighted by atomic mass is 32.1. The summed E-state index contributed by atoms with van der Waals surface area (Å²) in [6.07, 6.45) is 1.96. The maximum Gasteiger partial charge on any atom is 0.243 e. The van der Waals surface area contributed by atoms with Crippen molar-refractivity contribution in [2.75, 3.05) is 11.9 Å². The van der Waals surface area contributed by atoms with Gasteiger partial charge >= 0.3 is 0 Å². The van der Waals surface area contributed by atoms with E-state index in [1.807, 2.05) is 0 Å². The number of aromatic nitrogens is 2. The minimum absolute atomic E-state index is 0.000825. The molecule has 1 aliphatic heterocycles. The summed E-state index contributed by atoms with van der Waals surface area (Å²) in [5, 5.41) is 15.6. The van der Waals surface area contributed by atoms with Gasteiger partial charge in [0, 0.05) is 5.41 Å². The van der Waals surface area contributed by atoms with Crippen LogP contribution in [0.3, 0.4) is 0 Å². The van der Waals surface area contributed by atoms with Gasteiger partial charge in [-0.15, -0.1) is 10.2 Å². The third kappa shape index (κ3) is 3.01. The topological polar surface area (TPSA) is 66.9 Å². The Labute approximate surface area is 105 Å². The average Bonchev–Trinajstić information content (AvgIpc) is 2.85. The van der Waals surface area contributed by atoms with E-state index in [-0.39, 0.29) is 17.4 Å². The van der Waals surface area contributed by atoms with E-state index in [0.29, 0.717) is 5.13 Å². The first-order valence-corrected chi connectivity index (χ1v) is 6.67. The fourth-order valence-electron chi connectivity index (χ4n) is 1.68. The summed E-state index contributed by atoms with van der Waals surface area (Å²) in [5.74, 6) is -0.000825. The van der Waals surface area contributed by atoms with Crippen LogP contribution in [0.1, 0.15) is 38.6 Å². The number of amides is 1. The Hall–Kier alpha value is -1.01. The van der Waals surface area contributed by atoms with E-state index in [2.05, 4.69) is 41.6 Å². The lowest BCUT2D eigenvalue weighted by molar-refractivity contribution is -0.117. The van der Waals surface area contributed by atoms with Crippen molar-refractivity contribution in [1.82, 2.24) is 15.5 Å². The first-order chi connectivity index (χ1) is 7.97. The van der Waals surface area contributed by atoms with E-state index < -0.39 is 0 Å². The summed E-state index contributed by atoms with van der Waals surface area (Å²) in [6.45, 7) is 7.16. The van der Waals surface area contributed by atoms with Gasteiger partial charge in [0.1, 0.15) is 5.01 Å². The summed E-state index contributed by atoms with van der Waals surface area (Å²) >= 11 is 1.44. The maximum atomic E-state index is 11.8. The molecular formula is C11H18N4OS. The van der Waals surface area contributed by atoms with E-state index in [4.69, 9.17) is 0 Å². The van der Waals surface area contributed by atoms with Gasteiger partial charge in [-0.2, -0.15) is 0 Å². The molecule has 1 aromatic heterocycles. The molecule has 1 aromatic rings. The highest BCUT2D eigenvalue weighted by molar-refractivity contribution is 7.15. The predicted octanol–water partition coefficient (Wildman–Crippen LogP) is 1.53. The van der Waals surface area contributed by atoms with Gasteiger partial charge in [0.2, 0.25) is 11.0 Å². The quantitative estimate of drug-likeness (QED) is 0.840. The zero-order valence-electron chi connectivity index (χ0n) is 10.4. The Bertz CT molecular complexity index is 404. The average molecular weight is 254 g/mol. The van der Waals surface area contributed by atoms with Crippen LogP contribution in [0.2, 0.25) is 0 Å². The zero-order valence-corrected chi connectivity index (χ0v) is 11.2. The van der Waals surface area contributed by atoms with E-state index >= 15 is 0 Å². The molecule has 0 aliphatic carbocycles. The molecule has 0 bridgehead atoms. The van der Waals surface area contributed by atoms with E-state index in [1.54, 1.807) is 0 Å². The van der Waals surface area contributed by atoms with Gasteiger partial charge < -0.3 is 5.32 Å². The molecule has 1 amide bonds. The van der Waals surface area contributed by atoms with E-state index in [1.165, 1.54) is 11.3 Å². The van der Waals surface area contributed by atoms with Crippen molar-refractivity contribution in [2.24, 2.45) is 0 Å². The first-order valence-electron chi connectivity index (χ1n) is 5.85. The van der Waals surface area contributed by atoms with Crippen molar-refractivity contribution < 1.29 is 4.79 Å². The predicted molar refractivity (Wildman–Crippen MR) is 68.3 cm³/mol. The molecule has 2 rings (SSSR count). The molecular weight excluding hydrogens is 236 g/mol. The second-order valence-corrected chi connectivity index (χ2v) is 6.28. The lowest BCUT2D eigenvalue weighted by atomic mass is 9.98. The van der Waals surface area contributed by atoms with Crippen LogP contribution in [0.15, 0.2) is 0 Å². The summed E-state index contributed by atoms with van der Waals surface area (Å²) in [6, 6.07) is -0.0722. The number of rotatable bonds is 2. The van der Waals surface area contributed by atoms with Crippen LogP contribution < -0.4 is 10.6 Å². The number of nitrogens with one attached hydrogen (secondary N) is 2. The lowest BCUT2D eigenvalue weighted by Gasteiger charge is -2.12. The standard InChI is InChI=1S/C11H18N4OS/c1-11(2,3)9-14-15-10(17-9)13-8(16)7-5-4-6-12-7/h7,12H,4-6H2,1-3H3,(H,13,15,16)/t7-/m0/s1. The molecule has 1 aliphatic rings. The van der Waals surface area contributed by atoms with Gasteiger partial charge in [0.25, 0.3) is 0 Å². The second kappa shape index (κ2) is 4.70. The summed E-state index contributed by atoms with van der Waals surface area (Å²) in [5.41, 5.74) is -0.0216. The molecule has 0 unspecified atom stereocenters. The highest BCUT2D eigenvalue weighted by Gasteiger charge is 2.24. The van der Waals surface area contributed by atoms with Gasteiger partial charge in [-0.3, -0.25) is 10.1 Å². The Balaban J connectivity index is 1.99. The zero-order chi connectivity index (χ0) is 12.5. The molecule has 5 nitrogen and oxygen atoms in total. The Morgan fingerprint density at radius 2 is 2.24 bits per heavy atom. The normalized spacial score (nSPS) is 20.5.